The SMILES string of the molecule is C=CC[C@@]1(N)CC(c2cccc(Cl)c2)C(c2ccc(Cl)cc2)N([C@H](CS(=O)(=O)C(C)C)C(C)C)C1=O. The van der Waals surface area contributed by atoms with Crippen molar-refractivity contribution in [1.82, 2.24) is 4.90 Å². The first-order valence-electron chi connectivity index (χ1n) is 12.3. The highest BCUT2D eigenvalue weighted by molar-refractivity contribution is 7.92. The Balaban J connectivity index is 2.29. The molecule has 2 aromatic carbocycles. The van der Waals surface area contributed by atoms with Crippen LogP contribution in [0, 0.1) is 5.92 Å². The Morgan fingerprint density at radius 1 is 1.08 bits per heavy atom. The van der Waals surface area contributed by atoms with Crippen molar-refractivity contribution in [2.24, 2.45) is 11.7 Å². The predicted molar refractivity (Wildman–Crippen MR) is 149 cm³/mol. The maximum atomic E-state index is 14.2. The van der Waals surface area contributed by atoms with Crippen molar-refractivity contribution in [3.63, 3.8) is 0 Å². The summed E-state index contributed by atoms with van der Waals surface area (Å²) < 4.78 is 26.3. The van der Waals surface area contributed by atoms with Crippen LogP contribution in [0.5, 0.6) is 0 Å². The number of sulfone groups is 1. The number of piperidine rings is 1. The molecule has 2 unspecified atom stereocenters. The van der Waals surface area contributed by atoms with Gasteiger partial charge in [0.05, 0.1) is 22.6 Å². The van der Waals surface area contributed by atoms with E-state index in [1.54, 1.807) is 43.0 Å². The lowest BCUT2D eigenvalue weighted by Crippen LogP contribution is -2.65. The largest absolute Gasteiger partial charge is 0.329 e. The second-order valence-corrected chi connectivity index (χ2v) is 13.9. The van der Waals surface area contributed by atoms with E-state index < -0.39 is 32.7 Å². The second kappa shape index (κ2) is 11.3. The first kappa shape index (κ1) is 28.7. The van der Waals surface area contributed by atoms with Crippen LogP contribution in [0.2, 0.25) is 10.0 Å². The molecule has 36 heavy (non-hydrogen) atoms. The molecule has 1 saturated heterocycles. The summed E-state index contributed by atoms with van der Waals surface area (Å²) in [6.07, 6.45) is 2.29. The number of amides is 1. The van der Waals surface area contributed by atoms with Crippen molar-refractivity contribution < 1.29 is 13.2 Å². The molecule has 8 heteroatoms. The van der Waals surface area contributed by atoms with Crippen LogP contribution in [0.25, 0.3) is 0 Å². The quantitative estimate of drug-likeness (QED) is 0.378. The maximum absolute atomic E-state index is 14.2. The lowest BCUT2D eigenvalue weighted by Gasteiger charge is -2.52. The van der Waals surface area contributed by atoms with E-state index in [0.717, 1.165) is 11.1 Å². The number of carbonyl (C=O) groups is 1. The van der Waals surface area contributed by atoms with Crippen LogP contribution >= 0.6 is 23.2 Å². The molecule has 2 N–H and O–H groups in total. The summed E-state index contributed by atoms with van der Waals surface area (Å²) in [4.78, 5) is 16.0. The molecule has 1 aliphatic rings. The normalized spacial score (nSPS) is 23.8. The number of rotatable bonds is 9. The van der Waals surface area contributed by atoms with E-state index in [4.69, 9.17) is 28.9 Å². The Morgan fingerprint density at radius 2 is 1.72 bits per heavy atom. The molecule has 0 saturated carbocycles. The Morgan fingerprint density at radius 3 is 2.25 bits per heavy atom. The van der Waals surface area contributed by atoms with Crippen LogP contribution in [0.15, 0.2) is 61.2 Å². The zero-order valence-electron chi connectivity index (χ0n) is 21.3. The zero-order chi connectivity index (χ0) is 26.8. The van der Waals surface area contributed by atoms with Gasteiger partial charge >= 0.3 is 0 Å². The van der Waals surface area contributed by atoms with Gasteiger partial charge in [-0.1, -0.05) is 67.4 Å². The lowest BCUT2D eigenvalue weighted by atomic mass is 9.70. The number of nitrogens with two attached hydrogens (primary N) is 1. The average molecular weight is 552 g/mol. The molecule has 0 bridgehead atoms. The standard InChI is InChI=1S/C28H36Cl2N2O3S/c1-6-14-28(31)16-24(21-8-7-9-23(30)15-21)26(20-10-12-22(29)13-11-20)32(27(28)33)25(18(2)3)17-36(34,35)19(4)5/h6-13,15,18-19,24-26H,1,14,16-17,31H2,2-5H3/t24?,25-,26?,28-/m1/s1. The highest BCUT2D eigenvalue weighted by Crippen LogP contribution is 2.49. The summed E-state index contributed by atoms with van der Waals surface area (Å²) in [7, 11) is -3.46. The van der Waals surface area contributed by atoms with E-state index in [1.165, 1.54) is 0 Å². The maximum Gasteiger partial charge on any atom is 0.243 e. The van der Waals surface area contributed by atoms with Crippen LogP contribution in [-0.2, 0) is 14.6 Å². The molecule has 0 aromatic heterocycles. The van der Waals surface area contributed by atoms with Crippen molar-refractivity contribution in [3.05, 3.63) is 82.4 Å². The van der Waals surface area contributed by atoms with Gasteiger partial charge in [0.2, 0.25) is 5.91 Å². The number of hydrogen-bond donors (Lipinski definition) is 1. The van der Waals surface area contributed by atoms with E-state index >= 15 is 0 Å². The monoisotopic (exact) mass is 550 g/mol. The molecule has 1 amide bonds. The summed E-state index contributed by atoms with van der Waals surface area (Å²) >= 11 is 12.6. The minimum absolute atomic E-state index is 0.136. The first-order valence-corrected chi connectivity index (χ1v) is 14.7. The molecule has 5 nitrogen and oxygen atoms in total. The van der Waals surface area contributed by atoms with E-state index in [-0.39, 0.29) is 29.9 Å². The Kier molecular flexibility index (Phi) is 8.98. The molecule has 1 fully saturated rings. The van der Waals surface area contributed by atoms with Crippen LogP contribution < -0.4 is 5.73 Å². The third-order valence-electron chi connectivity index (χ3n) is 7.17. The molecule has 1 heterocycles. The van der Waals surface area contributed by atoms with Crippen LogP contribution in [0.4, 0.5) is 0 Å². The highest BCUT2D eigenvalue weighted by atomic mass is 35.5. The van der Waals surface area contributed by atoms with Gasteiger partial charge in [0.25, 0.3) is 0 Å². The van der Waals surface area contributed by atoms with Gasteiger partial charge in [-0.3, -0.25) is 4.79 Å². The molecular formula is C28H36Cl2N2O3S. The average Bonchev–Trinajstić information content (AvgIpc) is 2.80. The Labute approximate surface area is 225 Å². The molecule has 2 aromatic rings. The summed E-state index contributed by atoms with van der Waals surface area (Å²) in [5, 5.41) is 0.599. The van der Waals surface area contributed by atoms with E-state index in [9.17, 15) is 13.2 Å². The highest BCUT2D eigenvalue weighted by Gasteiger charge is 2.52. The Hall–Kier alpha value is -1.86. The van der Waals surface area contributed by atoms with Gasteiger partial charge < -0.3 is 10.6 Å². The molecular weight excluding hydrogens is 515 g/mol. The number of hydrogen-bond acceptors (Lipinski definition) is 4. The third-order valence-corrected chi connectivity index (χ3v) is 9.90. The third kappa shape index (κ3) is 5.99. The smallest absolute Gasteiger partial charge is 0.243 e. The minimum atomic E-state index is -3.46. The first-order chi connectivity index (χ1) is 16.8. The molecule has 3 rings (SSSR count). The second-order valence-electron chi connectivity index (χ2n) is 10.4. The van der Waals surface area contributed by atoms with E-state index in [2.05, 4.69) is 6.58 Å². The predicted octanol–water partition coefficient (Wildman–Crippen LogP) is 6.17. The van der Waals surface area contributed by atoms with Gasteiger partial charge in [0.1, 0.15) is 0 Å². The van der Waals surface area contributed by atoms with Crippen LogP contribution in [0.3, 0.4) is 0 Å². The van der Waals surface area contributed by atoms with Gasteiger partial charge in [-0.05, 0) is 68.0 Å². The summed E-state index contributed by atoms with van der Waals surface area (Å²) in [5.41, 5.74) is 7.40. The molecule has 196 valence electrons. The topological polar surface area (TPSA) is 80.5 Å². The summed E-state index contributed by atoms with van der Waals surface area (Å²) in [5.74, 6) is -0.776. The van der Waals surface area contributed by atoms with E-state index in [1.807, 2.05) is 44.2 Å². The minimum Gasteiger partial charge on any atom is -0.329 e. The van der Waals surface area contributed by atoms with Gasteiger partial charge in [0, 0.05) is 22.0 Å². The van der Waals surface area contributed by atoms with Crippen molar-refractivity contribution in [3.8, 4) is 0 Å². The van der Waals surface area contributed by atoms with Gasteiger partial charge in [-0.15, -0.1) is 6.58 Å². The van der Waals surface area contributed by atoms with E-state index in [0.29, 0.717) is 16.5 Å². The van der Waals surface area contributed by atoms with Crippen LogP contribution in [0.1, 0.15) is 63.6 Å². The van der Waals surface area contributed by atoms with Crippen molar-refractivity contribution in [2.75, 3.05) is 5.75 Å². The number of halogens is 2. The number of nitrogens with zero attached hydrogens (tertiary/aromatic N) is 1. The Bertz CT molecular complexity index is 1200. The molecule has 1 aliphatic heterocycles. The summed E-state index contributed by atoms with van der Waals surface area (Å²) in [6.45, 7) is 11.1. The number of likely N-dealkylation sites (tertiary alicyclic amines) is 1. The van der Waals surface area contributed by atoms with Gasteiger partial charge in [0.15, 0.2) is 9.84 Å². The zero-order valence-corrected chi connectivity index (χ0v) is 23.7. The van der Waals surface area contributed by atoms with Gasteiger partial charge in [-0.2, -0.15) is 0 Å². The van der Waals surface area contributed by atoms with Crippen molar-refractivity contribution >= 4 is 38.9 Å². The molecule has 0 aliphatic carbocycles. The number of benzene rings is 2. The van der Waals surface area contributed by atoms with Gasteiger partial charge in [-0.25, -0.2) is 8.42 Å². The molecule has 0 spiro atoms. The summed E-state index contributed by atoms with van der Waals surface area (Å²) in [6, 6.07) is 13.9. The fraction of sp³-hybridized carbons (Fsp3) is 0.464. The number of carbonyl (C=O) groups excluding carboxylic acids is 1. The lowest BCUT2D eigenvalue weighted by molar-refractivity contribution is -0.149. The molecule has 4 atom stereocenters. The fourth-order valence-electron chi connectivity index (χ4n) is 5.07. The van der Waals surface area contributed by atoms with Crippen molar-refractivity contribution in [2.45, 2.75) is 69.3 Å². The van der Waals surface area contributed by atoms with Crippen LogP contribution in [-0.4, -0.2) is 41.8 Å². The van der Waals surface area contributed by atoms with Crippen molar-refractivity contribution in [1.29, 1.82) is 0 Å². The molecule has 0 radical (unpaired) electrons. The fourth-order valence-corrected chi connectivity index (χ4v) is 6.80.